The average Bonchev–Trinajstić information content (AvgIpc) is 3.81. The lowest BCUT2D eigenvalue weighted by Gasteiger charge is -2.29. The van der Waals surface area contributed by atoms with Crippen LogP contribution in [0.3, 0.4) is 0 Å². The van der Waals surface area contributed by atoms with Crippen molar-refractivity contribution in [1.82, 2.24) is 40.8 Å². The first-order valence-electron chi connectivity index (χ1n) is 16.2. The van der Waals surface area contributed by atoms with Crippen LogP contribution in [0.5, 0.6) is 5.75 Å². The first-order chi connectivity index (χ1) is 23.6. The molecule has 14 nitrogen and oxygen atoms in total. The summed E-state index contributed by atoms with van der Waals surface area (Å²) in [6.45, 7) is 3.53. The van der Waals surface area contributed by atoms with Crippen molar-refractivity contribution < 1.29 is 28.7 Å². The zero-order valence-electron chi connectivity index (χ0n) is 27.2. The first kappa shape index (κ1) is 33.6. The molecule has 4 atom stereocenters. The third-order valence-corrected chi connectivity index (χ3v) is 9.35. The monoisotopic (exact) mass is 686 g/mol. The number of nitrogens with one attached hydrogen (secondary N) is 4. The van der Waals surface area contributed by atoms with Gasteiger partial charge < -0.3 is 30.9 Å². The van der Waals surface area contributed by atoms with Crippen LogP contribution in [-0.2, 0) is 43.4 Å². The van der Waals surface area contributed by atoms with Crippen LogP contribution < -0.4 is 26.0 Å². The average molecular weight is 687 g/mol. The molecule has 0 aliphatic carbocycles. The van der Waals surface area contributed by atoms with E-state index in [-0.39, 0.29) is 26.0 Å². The van der Waals surface area contributed by atoms with Gasteiger partial charge in [0.25, 0.3) is 5.91 Å². The number of carbonyl (C=O) groups is 5. The van der Waals surface area contributed by atoms with Crippen molar-refractivity contribution in [1.29, 1.82) is 0 Å². The van der Waals surface area contributed by atoms with E-state index in [2.05, 4.69) is 31.3 Å². The number of aromatic nitrogens is 3. The second-order valence-corrected chi connectivity index (χ2v) is 13.4. The van der Waals surface area contributed by atoms with Gasteiger partial charge in [0.15, 0.2) is 6.61 Å². The SMILES string of the molecule is Cc1nn2cc(CNC(=O)[C@@H]3Cc4ccc(cc4)OCC(=O)N[C@H](Cc4ccccc4)C(=O)N4CCC[C@@H]4C(=O)N[C@@H](C)C(=O)N3)nc2s1. The van der Waals surface area contributed by atoms with Gasteiger partial charge in [0, 0.05) is 19.4 Å². The number of ether oxygens (including phenoxy) is 1. The number of aryl methyl sites for hydroxylation is 1. The molecule has 2 aromatic heterocycles. The molecule has 3 aliphatic heterocycles. The van der Waals surface area contributed by atoms with Gasteiger partial charge >= 0.3 is 0 Å². The van der Waals surface area contributed by atoms with Crippen molar-refractivity contribution >= 4 is 45.8 Å². The van der Waals surface area contributed by atoms with Gasteiger partial charge in [-0.05, 0) is 49.9 Å². The Morgan fingerprint density at radius 2 is 1.80 bits per heavy atom. The van der Waals surface area contributed by atoms with Crippen LogP contribution in [0.4, 0.5) is 0 Å². The van der Waals surface area contributed by atoms with Crippen molar-refractivity contribution in [3.63, 3.8) is 0 Å². The fourth-order valence-electron chi connectivity index (χ4n) is 6.01. The molecule has 256 valence electrons. The second-order valence-electron chi connectivity index (χ2n) is 12.2. The number of imidazole rings is 1. The summed E-state index contributed by atoms with van der Waals surface area (Å²) in [5, 5.41) is 16.4. The number of hydrogen-bond donors (Lipinski definition) is 4. The first-order valence-corrected chi connectivity index (χ1v) is 17.0. The Bertz CT molecular complexity index is 1810. The number of amides is 5. The summed E-state index contributed by atoms with van der Waals surface area (Å²) < 4.78 is 7.38. The van der Waals surface area contributed by atoms with Crippen LogP contribution in [-0.4, -0.2) is 86.4 Å². The van der Waals surface area contributed by atoms with Crippen LogP contribution in [0.15, 0.2) is 60.8 Å². The van der Waals surface area contributed by atoms with E-state index in [1.54, 1.807) is 35.0 Å². The molecule has 2 aromatic carbocycles. The van der Waals surface area contributed by atoms with Gasteiger partial charge in [-0.25, -0.2) is 9.50 Å². The minimum Gasteiger partial charge on any atom is -0.484 e. The number of rotatable bonds is 5. The van der Waals surface area contributed by atoms with E-state index in [1.165, 1.54) is 23.2 Å². The smallest absolute Gasteiger partial charge is 0.258 e. The molecule has 4 aromatic rings. The summed E-state index contributed by atoms with van der Waals surface area (Å²) >= 11 is 1.43. The molecule has 49 heavy (non-hydrogen) atoms. The van der Waals surface area contributed by atoms with Gasteiger partial charge in [-0.1, -0.05) is 53.8 Å². The lowest BCUT2D eigenvalue weighted by atomic mass is 10.0. The molecular formula is C34H38N8O6S. The highest BCUT2D eigenvalue weighted by Crippen LogP contribution is 2.21. The van der Waals surface area contributed by atoms with Gasteiger partial charge in [0.2, 0.25) is 28.6 Å². The number of benzene rings is 2. The zero-order chi connectivity index (χ0) is 34.5. The fourth-order valence-corrected chi connectivity index (χ4v) is 6.75. The standard InChI is InChI=1S/C34H38N8O6S/c1-20-30(44)39-26(31(45)35-17-24-18-42-34(37-24)49-21(2)40-42)15-23-10-12-25(13-11-23)48-19-29(43)38-27(16-22-7-4-3-5-8-22)33(47)41-14-6-9-28(41)32(46)36-20/h3-5,7-8,10-13,18,20,26-28H,6,9,14-17,19H2,1-2H3,(H,35,45)(H,36,46)(H,38,43)(H,39,44)/t20-,26-,27+,28+/m0/s1. The highest BCUT2D eigenvalue weighted by Gasteiger charge is 2.39. The summed E-state index contributed by atoms with van der Waals surface area (Å²) in [6.07, 6.45) is 3.09. The lowest BCUT2D eigenvalue weighted by molar-refractivity contribution is -0.142. The summed E-state index contributed by atoms with van der Waals surface area (Å²) in [7, 11) is 0. The Balaban J connectivity index is 1.21. The molecule has 0 radical (unpaired) electrons. The summed E-state index contributed by atoms with van der Waals surface area (Å²) in [6, 6.07) is 12.4. The largest absolute Gasteiger partial charge is 0.484 e. The van der Waals surface area contributed by atoms with Gasteiger partial charge in [0.1, 0.15) is 34.9 Å². The number of nitrogens with zero attached hydrogens (tertiary/aromatic N) is 4. The molecule has 5 heterocycles. The molecule has 1 fully saturated rings. The van der Waals surface area contributed by atoms with Gasteiger partial charge in [-0.3, -0.25) is 24.0 Å². The molecule has 2 bridgehead atoms. The fraction of sp³-hybridized carbons (Fsp3) is 0.382. The number of fused-ring (bicyclic) bond motifs is 14. The predicted octanol–water partition coefficient (Wildman–Crippen LogP) is 1.06. The Hall–Kier alpha value is -5.31. The van der Waals surface area contributed by atoms with Gasteiger partial charge in [-0.2, -0.15) is 5.10 Å². The van der Waals surface area contributed by atoms with Crippen LogP contribution in [0.25, 0.3) is 4.96 Å². The van der Waals surface area contributed by atoms with Crippen molar-refractivity contribution in [3.05, 3.63) is 82.6 Å². The Kier molecular flexibility index (Phi) is 10.2. The van der Waals surface area contributed by atoms with Crippen LogP contribution in [0.2, 0.25) is 0 Å². The molecule has 0 unspecified atom stereocenters. The summed E-state index contributed by atoms with van der Waals surface area (Å²) in [4.78, 5) is 74.0. The molecule has 1 saturated heterocycles. The predicted molar refractivity (Wildman–Crippen MR) is 179 cm³/mol. The summed E-state index contributed by atoms with van der Waals surface area (Å²) in [5.74, 6) is -1.95. The van der Waals surface area contributed by atoms with E-state index in [0.717, 1.165) is 16.1 Å². The van der Waals surface area contributed by atoms with E-state index in [4.69, 9.17) is 4.74 Å². The molecular weight excluding hydrogens is 648 g/mol. The van der Waals surface area contributed by atoms with E-state index in [9.17, 15) is 24.0 Å². The van der Waals surface area contributed by atoms with Crippen LogP contribution in [0, 0.1) is 6.92 Å². The maximum Gasteiger partial charge on any atom is 0.258 e. The minimum absolute atomic E-state index is 0.123. The topological polar surface area (TPSA) is 176 Å². The maximum absolute atomic E-state index is 13.9. The van der Waals surface area contributed by atoms with Crippen molar-refractivity contribution in [3.8, 4) is 5.75 Å². The van der Waals surface area contributed by atoms with Crippen molar-refractivity contribution in [2.24, 2.45) is 0 Å². The van der Waals surface area contributed by atoms with E-state index in [1.807, 2.05) is 37.3 Å². The van der Waals surface area contributed by atoms with E-state index in [0.29, 0.717) is 35.8 Å². The van der Waals surface area contributed by atoms with Crippen molar-refractivity contribution in [2.75, 3.05) is 13.2 Å². The van der Waals surface area contributed by atoms with Crippen LogP contribution in [0.1, 0.15) is 41.6 Å². The molecule has 0 spiro atoms. The van der Waals surface area contributed by atoms with Crippen molar-refractivity contribution in [2.45, 2.75) is 70.2 Å². The molecule has 4 N–H and O–H groups in total. The highest BCUT2D eigenvalue weighted by atomic mass is 32.1. The third kappa shape index (κ3) is 8.23. The number of hydrogen-bond acceptors (Lipinski definition) is 9. The quantitative estimate of drug-likeness (QED) is 0.241. The molecule has 7 rings (SSSR count). The van der Waals surface area contributed by atoms with Gasteiger partial charge in [-0.15, -0.1) is 0 Å². The third-order valence-electron chi connectivity index (χ3n) is 8.51. The lowest BCUT2D eigenvalue weighted by Crippen LogP contribution is -2.57. The Morgan fingerprint density at radius 1 is 1.02 bits per heavy atom. The maximum atomic E-state index is 13.9. The Morgan fingerprint density at radius 3 is 2.55 bits per heavy atom. The molecule has 3 aliphatic rings. The minimum atomic E-state index is -1.01. The molecule has 15 heteroatoms. The number of carbonyl (C=O) groups excluding carboxylic acids is 5. The molecule has 5 amide bonds. The van der Waals surface area contributed by atoms with E-state index < -0.39 is 53.7 Å². The van der Waals surface area contributed by atoms with E-state index >= 15 is 0 Å². The highest BCUT2D eigenvalue weighted by molar-refractivity contribution is 7.16. The Labute approximate surface area is 286 Å². The van der Waals surface area contributed by atoms with Gasteiger partial charge in [0.05, 0.1) is 18.4 Å². The zero-order valence-corrected chi connectivity index (χ0v) is 28.0. The normalized spacial score (nSPS) is 22.3. The summed E-state index contributed by atoms with van der Waals surface area (Å²) in [5.41, 5.74) is 2.18. The molecule has 0 saturated carbocycles. The second kappa shape index (κ2) is 14.8. The van der Waals surface area contributed by atoms with Crippen LogP contribution >= 0.6 is 11.3 Å².